The maximum absolute atomic E-state index is 12.3. The number of carbonyl (C=O) groups excluding carboxylic acids is 1. The summed E-state index contributed by atoms with van der Waals surface area (Å²) in [6, 6.07) is 14.5. The molecule has 0 fully saturated rings. The Bertz CT molecular complexity index is 1130. The number of rotatable bonds is 9. The topological polar surface area (TPSA) is 91.7 Å². The molecule has 0 unspecified atom stereocenters. The van der Waals surface area contributed by atoms with Crippen LogP contribution in [0.1, 0.15) is 5.56 Å². The summed E-state index contributed by atoms with van der Waals surface area (Å²) < 4.78 is 17.4. The van der Waals surface area contributed by atoms with E-state index in [2.05, 4.69) is 10.3 Å². The van der Waals surface area contributed by atoms with E-state index in [-0.39, 0.29) is 18.0 Å². The van der Waals surface area contributed by atoms with Gasteiger partial charge in [-0.25, -0.2) is 4.98 Å². The van der Waals surface area contributed by atoms with E-state index < -0.39 is 0 Å². The SMILES string of the molecule is COc1cc(/C=C/C(=O)NCCn2cnc(-c3ccccc3)cc2=O)cc(OC)c1OC. The predicted molar refractivity (Wildman–Crippen MR) is 122 cm³/mol. The van der Waals surface area contributed by atoms with Crippen LogP contribution in [0.5, 0.6) is 17.2 Å². The first kappa shape index (κ1) is 22.6. The van der Waals surface area contributed by atoms with Crippen molar-refractivity contribution in [3.63, 3.8) is 0 Å². The van der Waals surface area contributed by atoms with Gasteiger partial charge in [-0.15, -0.1) is 0 Å². The summed E-state index contributed by atoms with van der Waals surface area (Å²) in [7, 11) is 4.58. The van der Waals surface area contributed by atoms with Crippen LogP contribution in [0.25, 0.3) is 17.3 Å². The Hall–Kier alpha value is -4.07. The molecule has 2 aromatic carbocycles. The van der Waals surface area contributed by atoms with Crippen LogP contribution in [0, 0.1) is 0 Å². The van der Waals surface area contributed by atoms with E-state index in [0.717, 1.165) is 5.56 Å². The fraction of sp³-hybridized carbons (Fsp3) is 0.208. The molecule has 0 bridgehead atoms. The highest BCUT2D eigenvalue weighted by Crippen LogP contribution is 2.38. The number of ether oxygens (including phenoxy) is 3. The van der Waals surface area contributed by atoms with Gasteiger partial charge < -0.3 is 19.5 Å². The minimum Gasteiger partial charge on any atom is -0.493 e. The van der Waals surface area contributed by atoms with Crippen molar-refractivity contribution in [3.8, 4) is 28.5 Å². The van der Waals surface area contributed by atoms with Gasteiger partial charge in [-0.05, 0) is 23.8 Å². The van der Waals surface area contributed by atoms with Gasteiger partial charge in [0.25, 0.3) is 5.56 Å². The van der Waals surface area contributed by atoms with E-state index in [1.54, 1.807) is 18.2 Å². The van der Waals surface area contributed by atoms with Crippen molar-refractivity contribution in [1.82, 2.24) is 14.9 Å². The fourth-order valence-electron chi connectivity index (χ4n) is 3.09. The van der Waals surface area contributed by atoms with Crippen molar-refractivity contribution in [3.05, 3.63) is 76.9 Å². The van der Waals surface area contributed by atoms with Gasteiger partial charge in [0.1, 0.15) is 0 Å². The maximum Gasteiger partial charge on any atom is 0.253 e. The molecule has 0 atom stereocenters. The van der Waals surface area contributed by atoms with Gasteiger partial charge in [-0.2, -0.15) is 0 Å². The molecular weight excluding hydrogens is 410 g/mol. The van der Waals surface area contributed by atoms with Crippen molar-refractivity contribution in [1.29, 1.82) is 0 Å². The molecule has 0 saturated heterocycles. The lowest BCUT2D eigenvalue weighted by molar-refractivity contribution is -0.116. The molecule has 1 amide bonds. The number of aromatic nitrogens is 2. The minimum absolute atomic E-state index is 0.180. The second kappa shape index (κ2) is 10.8. The molecule has 0 spiro atoms. The first-order chi connectivity index (χ1) is 15.5. The highest BCUT2D eigenvalue weighted by molar-refractivity contribution is 5.91. The number of amides is 1. The zero-order valence-electron chi connectivity index (χ0n) is 18.2. The van der Waals surface area contributed by atoms with Crippen molar-refractivity contribution in [2.45, 2.75) is 6.54 Å². The molecule has 0 radical (unpaired) electrons. The molecule has 8 nitrogen and oxygen atoms in total. The average Bonchev–Trinajstić information content (AvgIpc) is 2.83. The van der Waals surface area contributed by atoms with Crippen LogP contribution in [0.2, 0.25) is 0 Å². The van der Waals surface area contributed by atoms with Crippen molar-refractivity contribution in [2.75, 3.05) is 27.9 Å². The normalized spacial score (nSPS) is 10.7. The molecule has 8 heteroatoms. The van der Waals surface area contributed by atoms with Gasteiger partial charge in [-0.3, -0.25) is 14.2 Å². The van der Waals surface area contributed by atoms with E-state index in [4.69, 9.17) is 14.2 Å². The van der Waals surface area contributed by atoms with Crippen LogP contribution in [0.15, 0.2) is 65.7 Å². The lowest BCUT2D eigenvalue weighted by Crippen LogP contribution is -2.29. The van der Waals surface area contributed by atoms with Crippen molar-refractivity contribution in [2.24, 2.45) is 0 Å². The lowest BCUT2D eigenvalue weighted by Gasteiger charge is -2.12. The largest absolute Gasteiger partial charge is 0.493 e. The first-order valence-electron chi connectivity index (χ1n) is 9.93. The standard InChI is InChI=1S/C24H25N3O5/c1-30-20-13-17(14-21(31-2)24(20)32-3)9-10-22(28)25-11-12-27-16-26-19(15-23(27)29)18-7-5-4-6-8-18/h4-10,13-16H,11-12H2,1-3H3,(H,25,28)/b10-9+. The Balaban J connectivity index is 1.59. The Kier molecular flexibility index (Phi) is 7.64. The molecule has 166 valence electrons. The monoisotopic (exact) mass is 435 g/mol. The Morgan fingerprint density at radius 3 is 2.31 bits per heavy atom. The smallest absolute Gasteiger partial charge is 0.253 e. The summed E-state index contributed by atoms with van der Waals surface area (Å²) in [5.74, 6) is 1.19. The number of methoxy groups -OCH3 is 3. The molecular formula is C24H25N3O5. The van der Waals surface area contributed by atoms with Crippen molar-refractivity contribution >= 4 is 12.0 Å². The minimum atomic E-state index is -0.291. The fourth-order valence-corrected chi connectivity index (χ4v) is 3.09. The first-order valence-corrected chi connectivity index (χ1v) is 9.93. The van der Waals surface area contributed by atoms with E-state index in [0.29, 0.717) is 35.1 Å². The maximum atomic E-state index is 12.3. The summed E-state index contributed by atoms with van der Waals surface area (Å²) in [5, 5.41) is 2.75. The molecule has 1 heterocycles. The number of carbonyl (C=O) groups is 1. The summed E-state index contributed by atoms with van der Waals surface area (Å²) in [5.41, 5.74) is 2.03. The summed E-state index contributed by atoms with van der Waals surface area (Å²) in [4.78, 5) is 28.8. The summed E-state index contributed by atoms with van der Waals surface area (Å²) in [6.07, 6.45) is 4.53. The Morgan fingerprint density at radius 1 is 1.03 bits per heavy atom. The van der Waals surface area contributed by atoms with E-state index in [1.807, 2.05) is 30.3 Å². The number of benzene rings is 2. The van der Waals surface area contributed by atoms with Crippen LogP contribution in [-0.2, 0) is 11.3 Å². The van der Waals surface area contributed by atoms with Gasteiger partial charge in [0.05, 0.1) is 33.4 Å². The summed E-state index contributed by atoms with van der Waals surface area (Å²) >= 11 is 0. The second-order valence-corrected chi connectivity index (χ2v) is 6.75. The Labute approximate surface area is 186 Å². The Morgan fingerprint density at radius 2 is 1.72 bits per heavy atom. The van der Waals surface area contributed by atoms with Crippen LogP contribution in [-0.4, -0.2) is 43.3 Å². The van der Waals surface area contributed by atoms with E-state index in [1.165, 1.54) is 44.4 Å². The molecule has 0 aliphatic rings. The molecule has 0 aliphatic carbocycles. The van der Waals surface area contributed by atoms with Gasteiger partial charge in [0.15, 0.2) is 11.5 Å². The zero-order valence-corrected chi connectivity index (χ0v) is 18.2. The van der Waals surface area contributed by atoms with Gasteiger partial charge >= 0.3 is 0 Å². The van der Waals surface area contributed by atoms with Crippen LogP contribution >= 0.6 is 0 Å². The van der Waals surface area contributed by atoms with Gasteiger partial charge in [0.2, 0.25) is 11.7 Å². The molecule has 3 aromatic rings. The van der Waals surface area contributed by atoms with Gasteiger partial charge in [0, 0.05) is 30.8 Å². The van der Waals surface area contributed by atoms with Crippen LogP contribution < -0.4 is 25.1 Å². The molecule has 0 saturated carbocycles. The molecule has 32 heavy (non-hydrogen) atoms. The summed E-state index contributed by atoms with van der Waals surface area (Å²) in [6.45, 7) is 0.593. The molecule has 1 aromatic heterocycles. The molecule has 1 N–H and O–H groups in total. The highest BCUT2D eigenvalue weighted by atomic mass is 16.5. The van der Waals surface area contributed by atoms with Crippen LogP contribution in [0.3, 0.4) is 0 Å². The third-order valence-electron chi connectivity index (χ3n) is 4.72. The second-order valence-electron chi connectivity index (χ2n) is 6.75. The average molecular weight is 435 g/mol. The molecule has 0 aliphatic heterocycles. The highest BCUT2D eigenvalue weighted by Gasteiger charge is 2.12. The predicted octanol–water partition coefficient (Wildman–Crippen LogP) is 2.77. The number of nitrogens with zero attached hydrogens (tertiary/aromatic N) is 2. The quantitative estimate of drug-likeness (QED) is 0.520. The van der Waals surface area contributed by atoms with Gasteiger partial charge in [-0.1, -0.05) is 30.3 Å². The number of hydrogen-bond donors (Lipinski definition) is 1. The third-order valence-corrected chi connectivity index (χ3v) is 4.72. The van der Waals surface area contributed by atoms with Crippen molar-refractivity contribution < 1.29 is 19.0 Å². The molecule has 3 rings (SSSR count). The van der Waals surface area contributed by atoms with E-state index in [9.17, 15) is 9.59 Å². The van der Waals surface area contributed by atoms with Crippen LogP contribution in [0.4, 0.5) is 0 Å². The number of nitrogens with one attached hydrogen (secondary N) is 1. The zero-order chi connectivity index (χ0) is 22.9. The van der Waals surface area contributed by atoms with E-state index >= 15 is 0 Å². The lowest BCUT2D eigenvalue weighted by atomic mass is 10.1. The third kappa shape index (κ3) is 5.54. The number of hydrogen-bond acceptors (Lipinski definition) is 6.